The number of nitrogens with zero attached hydrogens (tertiary/aromatic N) is 2. The van der Waals surface area contributed by atoms with Gasteiger partial charge in [-0.25, -0.2) is 0 Å². The van der Waals surface area contributed by atoms with Crippen molar-refractivity contribution < 1.29 is 32.7 Å². The number of rotatable bonds is 7. The number of hydrogen-bond donors (Lipinski definition) is 0. The number of nitrogens with two attached hydrogens (primary N) is 1. The van der Waals surface area contributed by atoms with Crippen LogP contribution in [0.15, 0.2) is 21.9 Å². The van der Waals surface area contributed by atoms with Crippen molar-refractivity contribution in [2.45, 2.75) is 26.7 Å². The fourth-order valence-electron chi connectivity index (χ4n) is 1.89. The maximum atomic E-state index is 5.10. The van der Waals surface area contributed by atoms with Crippen molar-refractivity contribution in [3.05, 3.63) is 25.5 Å². The van der Waals surface area contributed by atoms with Crippen LogP contribution in [0.5, 0.6) is 0 Å². The van der Waals surface area contributed by atoms with Crippen molar-refractivity contribution in [2.75, 3.05) is 32.2 Å². The van der Waals surface area contributed by atoms with Crippen molar-refractivity contribution in [3.8, 4) is 0 Å². The first-order valence-corrected chi connectivity index (χ1v) is 10.6. The van der Waals surface area contributed by atoms with Crippen LogP contribution in [0.1, 0.15) is 26.7 Å². The third-order valence-corrected chi connectivity index (χ3v) is 9.68. The Morgan fingerprint density at radius 1 is 1.22 bits per heavy atom. The zero-order chi connectivity index (χ0) is 12.7. The van der Waals surface area contributed by atoms with E-state index in [1.165, 1.54) is 6.42 Å². The molecule has 0 aliphatic heterocycles. The molecule has 2 N–H and O–H groups in total. The van der Waals surface area contributed by atoms with E-state index < -0.39 is 14.3 Å². The first-order chi connectivity index (χ1) is 7.45. The maximum absolute atomic E-state index is 5.10. The predicted molar refractivity (Wildman–Crippen MR) is 86.6 cm³/mol. The van der Waals surface area contributed by atoms with Gasteiger partial charge in [-0.05, 0) is 12.6 Å². The zero-order valence-electron chi connectivity index (χ0n) is 12.5. The second kappa shape index (κ2) is 12.0. The van der Waals surface area contributed by atoms with E-state index >= 15 is 0 Å². The van der Waals surface area contributed by atoms with Gasteiger partial charge >= 0.3 is 0 Å². The Morgan fingerprint density at radius 3 is 2.06 bits per heavy atom. The Hall–Kier alpha value is 1.26. The van der Waals surface area contributed by atoms with Gasteiger partial charge in [0.25, 0.3) is 0 Å². The van der Waals surface area contributed by atoms with Gasteiger partial charge in [0.2, 0.25) is 0 Å². The molecule has 107 valence electrons. The summed E-state index contributed by atoms with van der Waals surface area (Å²) in [5, 5.41) is 0. The fourth-order valence-corrected chi connectivity index (χ4v) is 9.07. The smallest absolute Gasteiger partial charge is 0.0723 e. The Bertz CT molecular complexity index is 321. The molecular formula is C12H29N3P2Y-2. The average Bonchev–Trinajstić information content (AvgIpc) is 2.17. The van der Waals surface area contributed by atoms with Crippen molar-refractivity contribution in [2.24, 2.45) is 9.26 Å². The van der Waals surface area contributed by atoms with Gasteiger partial charge in [-0.3, -0.25) is 15.9 Å². The summed E-state index contributed by atoms with van der Waals surface area (Å²) in [6.45, 7) is 14.8. The topological polar surface area (TPSA) is 58.2 Å². The van der Waals surface area contributed by atoms with Gasteiger partial charge in [-0.15, -0.1) is 6.58 Å². The quantitative estimate of drug-likeness (QED) is 0.298. The second-order valence-electron chi connectivity index (χ2n) is 4.43. The first-order valence-electron chi connectivity index (χ1n) is 5.99. The van der Waals surface area contributed by atoms with Gasteiger partial charge in [0, 0.05) is 52.1 Å². The summed E-state index contributed by atoms with van der Waals surface area (Å²) in [5.41, 5.74) is 0. The molecular weight excluding hydrogens is 337 g/mol. The SMILES string of the molecule is C=CCP(CCC)(N=P([CH2-])(C)CCC)=NC.[NH2-].[Y]. The molecule has 0 rings (SSSR count). The van der Waals surface area contributed by atoms with Gasteiger partial charge < -0.3 is 6.15 Å². The van der Waals surface area contributed by atoms with Crippen LogP contribution >= 0.6 is 14.3 Å². The molecule has 0 heterocycles. The van der Waals surface area contributed by atoms with Gasteiger partial charge in [0.15, 0.2) is 0 Å². The van der Waals surface area contributed by atoms with Crippen LogP contribution < -0.4 is 0 Å². The van der Waals surface area contributed by atoms with E-state index in [0.717, 1.165) is 24.9 Å². The van der Waals surface area contributed by atoms with Crippen molar-refractivity contribution >= 4 is 14.3 Å². The van der Waals surface area contributed by atoms with Crippen LogP contribution in [0.3, 0.4) is 0 Å². The molecule has 0 saturated carbocycles. The summed E-state index contributed by atoms with van der Waals surface area (Å²) >= 11 is 0. The van der Waals surface area contributed by atoms with E-state index in [4.69, 9.17) is 4.52 Å². The zero-order valence-corrected chi connectivity index (χ0v) is 17.1. The molecule has 0 spiro atoms. The Morgan fingerprint density at radius 2 is 1.72 bits per heavy atom. The van der Waals surface area contributed by atoms with Gasteiger partial charge in [0.05, 0.1) is 7.21 Å². The molecule has 0 aromatic rings. The Balaban J connectivity index is -0.00000112. The second-order valence-corrected chi connectivity index (χ2v) is 11.2. The minimum atomic E-state index is -1.51. The fraction of sp³-hybridized carbons (Fsp3) is 0.750. The standard InChI is InChI=1S/C12H27N2P2.H2N.Y/c1-7-10-15(5,6)14-16(13-4,11-8-2)12-9-3;;/h8H,2,5,7,9-12H2,1,3-4,6H3;1H2;/q2*-1;. The molecule has 0 saturated heterocycles. The van der Waals surface area contributed by atoms with E-state index in [9.17, 15) is 0 Å². The van der Waals surface area contributed by atoms with E-state index in [1.54, 1.807) is 0 Å². The molecule has 0 fully saturated rings. The molecule has 3 nitrogen and oxygen atoms in total. The maximum Gasteiger partial charge on any atom is 0.0723 e. The van der Waals surface area contributed by atoms with Crippen LogP contribution in [0, 0.1) is 6.66 Å². The molecule has 0 aromatic carbocycles. The minimum Gasteiger partial charge on any atom is -0.693 e. The van der Waals surface area contributed by atoms with Gasteiger partial charge in [-0.1, -0.05) is 33.0 Å². The summed E-state index contributed by atoms with van der Waals surface area (Å²) in [6, 6.07) is 0. The van der Waals surface area contributed by atoms with Crippen LogP contribution in [-0.4, -0.2) is 32.2 Å². The molecule has 18 heavy (non-hydrogen) atoms. The van der Waals surface area contributed by atoms with Crippen molar-refractivity contribution in [1.82, 2.24) is 0 Å². The first kappa shape index (κ1) is 24.3. The van der Waals surface area contributed by atoms with Crippen LogP contribution in [0.4, 0.5) is 0 Å². The molecule has 1 radical (unpaired) electrons. The molecule has 0 aliphatic carbocycles. The molecule has 0 bridgehead atoms. The van der Waals surface area contributed by atoms with E-state index in [1.807, 2.05) is 13.1 Å². The van der Waals surface area contributed by atoms with E-state index in [2.05, 4.69) is 38.5 Å². The average molecular weight is 366 g/mol. The van der Waals surface area contributed by atoms with Gasteiger partial charge in [0.1, 0.15) is 0 Å². The van der Waals surface area contributed by atoms with E-state index in [0.29, 0.717) is 0 Å². The largest absolute Gasteiger partial charge is 0.693 e. The third-order valence-electron chi connectivity index (χ3n) is 2.46. The van der Waals surface area contributed by atoms with Gasteiger partial charge in [-0.2, -0.15) is 7.05 Å². The molecule has 0 amide bonds. The van der Waals surface area contributed by atoms with Crippen LogP contribution in [-0.2, 0) is 32.7 Å². The Kier molecular flexibility index (Phi) is 16.2. The van der Waals surface area contributed by atoms with Crippen molar-refractivity contribution in [3.63, 3.8) is 0 Å². The summed E-state index contributed by atoms with van der Waals surface area (Å²) in [5.74, 6) is 0. The summed E-state index contributed by atoms with van der Waals surface area (Å²) < 4.78 is 9.73. The molecule has 2 atom stereocenters. The Labute approximate surface area is 140 Å². The summed E-state index contributed by atoms with van der Waals surface area (Å²) in [4.78, 5) is 0. The molecule has 6 heteroatoms. The van der Waals surface area contributed by atoms with E-state index in [-0.39, 0.29) is 38.9 Å². The molecule has 0 aromatic heterocycles. The van der Waals surface area contributed by atoms with Crippen LogP contribution in [0.25, 0.3) is 6.15 Å². The normalized spacial score (nSPS) is 16.3. The summed E-state index contributed by atoms with van der Waals surface area (Å²) in [6.07, 6.45) is 7.50. The third kappa shape index (κ3) is 9.21. The molecule has 0 aliphatic rings. The monoisotopic (exact) mass is 366 g/mol. The molecule has 2 unspecified atom stereocenters. The number of hydrogen-bond acceptors (Lipinski definition) is 1. The minimum absolute atomic E-state index is 0. The predicted octanol–water partition coefficient (Wildman–Crippen LogP) is 6.08. The van der Waals surface area contributed by atoms with Crippen LogP contribution in [0.2, 0.25) is 0 Å². The van der Waals surface area contributed by atoms with Crippen molar-refractivity contribution in [1.29, 1.82) is 0 Å². The summed E-state index contributed by atoms with van der Waals surface area (Å²) in [7, 11) is -0.948. The number of allylic oxidation sites excluding steroid dienone is 1.